The standard InChI is InChI=1S/C87H140O5/c1-3-5-7-9-11-13-15-17-19-21-23-25-27-29-31-33-35-37-39-41-43-45-47-49-51-53-55-57-59-61-63-65-67-69-71-73-75-77-79-81-86(89)91-84-85(83-88)92-87(90)82-80-78-76-74-72-70-68-66-64-62-60-58-56-54-52-50-48-46-44-42-40-38-36-34-32-30-28-26-24-22-20-18-16-14-12-10-8-6-4-2/h5-8,11-14,17-20,23-26,29-32,35-38,42,44,48,50,54,56,60,62,85,88H,3-4,9-10,15-16,21-22,27-28,33-34,39-41,43,45-47,49,51-53,55,57-59,61,63-84H2,1-2H3/b7-5-,8-6-,13-11-,14-12-,19-17-,20-18-,25-23-,26-24-,31-29-,32-30-,37-35-,38-36-,44-42-,50-48-,56-54-,62-60-. The largest absolute Gasteiger partial charge is 0.462 e. The molecule has 0 saturated carbocycles. The fourth-order valence-corrected chi connectivity index (χ4v) is 10.3. The monoisotopic (exact) mass is 1270 g/mol. The molecule has 1 unspecified atom stereocenters. The van der Waals surface area contributed by atoms with Crippen LogP contribution in [0.5, 0.6) is 0 Å². The lowest BCUT2D eigenvalue weighted by Gasteiger charge is -2.15. The van der Waals surface area contributed by atoms with Crippen LogP contribution in [0.25, 0.3) is 0 Å². The van der Waals surface area contributed by atoms with Gasteiger partial charge in [0.05, 0.1) is 6.61 Å². The first kappa shape index (κ1) is 86.7. The highest BCUT2D eigenvalue weighted by Crippen LogP contribution is 2.17. The number of hydrogen-bond donors (Lipinski definition) is 1. The van der Waals surface area contributed by atoms with Crippen molar-refractivity contribution in [2.45, 2.75) is 328 Å². The Morgan fingerprint density at radius 3 is 0.652 bits per heavy atom. The van der Waals surface area contributed by atoms with Crippen molar-refractivity contribution in [3.8, 4) is 0 Å². The predicted octanol–water partition coefficient (Wildman–Crippen LogP) is 27.1. The molecule has 0 aromatic rings. The summed E-state index contributed by atoms with van der Waals surface area (Å²) in [4.78, 5) is 24.7. The normalized spacial score (nSPS) is 13.4. The van der Waals surface area contributed by atoms with E-state index in [-0.39, 0.29) is 25.2 Å². The minimum Gasteiger partial charge on any atom is -0.462 e. The molecule has 518 valence electrons. The molecule has 0 aromatic heterocycles. The minimum absolute atomic E-state index is 0.0767. The van der Waals surface area contributed by atoms with Gasteiger partial charge in [0.2, 0.25) is 0 Å². The van der Waals surface area contributed by atoms with Gasteiger partial charge in [0.1, 0.15) is 6.61 Å². The molecule has 0 spiro atoms. The molecular weight excluding hydrogens is 1120 g/mol. The number of rotatable bonds is 68. The van der Waals surface area contributed by atoms with Crippen LogP contribution in [0, 0.1) is 0 Å². The maximum absolute atomic E-state index is 12.4. The number of esters is 2. The number of allylic oxidation sites excluding steroid dienone is 32. The molecule has 5 heteroatoms. The maximum atomic E-state index is 12.4. The molecule has 0 radical (unpaired) electrons. The van der Waals surface area contributed by atoms with Gasteiger partial charge in [-0.15, -0.1) is 0 Å². The lowest BCUT2D eigenvalue weighted by molar-refractivity contribution is -0.161. The van der Waals surface area contributed by atoms with Crippen molar-refractivity contribution in [1.29, 1.82) is 0 Å². The molecule has 0 fully saturated rings. The molecule has 92 heavy (non-hydrogen) atoms. The Hall–Kier alpha value is -5.26. The SMILES string of the molecule is CC/C=C\C/C=C\C/C=C\C/C=C\C/C=C\C/C=C\C/C=C\C/C=C\C/C=C\C/C=C\CCCCCCCCCCC(=O)OC(CO)COC(=O)CCCCCCCCCCCCCCCCCCCCCC/C=C\C/C=C\C/C=C\C/C=C\C/C=C\C/C=C\CC. The van der Waals surface area contributed by atoms with Gasteiger partial charge < -0.3 is 14.6 Å². The Labute approximate surface area is 568 Å². The molecule has 0 aliphatic rings. The zero-order valence-corrected chi connectivity index (χ0v) is 59.5. The van der Waals surface area contributed by atoms with E-state index in [1.165, 1.54) is 148 Å². The quantitative estimate of drug-likeness (QED) is 0.0373. The first-order valence-corrected chi connectivity index (χ1v) is 38.0. The maximum Gasteiger partial charge on any atom is 0.306 e. The molecule has 0 bridgehead atoms. The fourth-order valence-electron chi connectivity index (χ4n) is 10.3. The molecule has 0 aliphatic heterocycles. The van der Waals surface area contributed by atoms with E-state index in [4.69, 9.17) is 9.47 Å². The summed E-state index contributed by atoms with van der Waals surface area (Å²) in [6.07, 6.45) is 126. The highest BCUT2D eigenvalue weighted by molar-refractivity contribution is 5.70. The first-order valence-electron chi connectivity index (χ1n) is 38.0. The second-order valence-electron chi connectivity index (χ2n) is 24.6. The second kappa shape index (κ2) is 80.0. The van der Waals surface area contributed by atoms with Gasteiger partial charge in [0, 0.05) is 12.8 Å². The van der Waals surface area contributed by atoms with Gasteiger partial charge in [-0.3, -0.25) is 9.59 Å². The van der Waals surface area contributed by atoms with Gasteiger partial charge in [-0.1, -0.05) is 362 Å². The number of unbranched alkanes of at least 4 members (excludes halogenated alkanes) is 28. The van der Waals surface area contributed by atoms with E-state index in [9.17, 15) is 14.7 Å². The lowest BCUT2D eigenvalue weighted by Crippen LogP contribution is -2.28. The molecule has 0 aromatic carbocycles. The van der Waals surface area contributed by atoms with Crippen LogP contribution in [0.3, 0.4) is 0 Å². The molecule has 0 heterocycles. The van der Waals surface area contributed by atoms with Crippen molar-refractivity contribution in [3.05, 3.63) is 194 Å². The predicted molar refractivity (Wildman–Crippen MR) is 407 cm³/mol. The Bertz CT molecular complexity index is 2070. The van der Waals surface area contributed by atoms with Crippen molar-refractivity contribution < 1.29 is 24.2 Å². The summed E-state index contributed by atoms with van der Waals surface area (Å²) in [7, 11) is 0. The Morgan fingerprint density at radius 1 is 0.250 bits per heavy atom. The third kappa shape index (κ3) is 77.2. The smallest absolute Gasteiger partial charge is 0.306 e. The van der Waals surface area contributed by atoms with Crippen LogP contribution in [-0.2, 0) is 19.1 Å². The Balaban J connectivity index is 3.53. The van der Waals surface area contributed by atoms with E-state index in [2.05, 4.69) is 208 Å². The summed E-state index contributed by atoms with van der Waals surface area (Å²) < 4.78 is 10.8. The van der Waals surface area contributed by atoms with E-state index in [0.29, 0.717) is 12.8 Å². The van der Waals surface area contributed by atoms with Crippen LogP contribution in [0.1, 0.15) is 322 Å². The average Bonchev–Trinajstić information content (AvgIpc) is 3.75. The number of hydrogen-bond acceptors (Lipinski definition) is 5. The molecule has 1 atom stereocenters. The van der Waals surface area contributed by atoms with Crippen LogP contribution in [-0.4, -0.2) is 36.4 Å². The number of carbonyl (C=O) groups is 2. The molecular formula is C87H140O5. The van der Waals surface area contributed by atoms with Gasteiger partial charge in [0.15, 0.2) is 6.10 Å². The number of ether oxygens (including phenoxy) is 2. The van der Waals surface area contributed by atoms with Crippen molar-refractivity contribution in [3.63, 3.8) is 0 Å². The van der Waals surface area contributed by atoms with Crippen molar-refractivity contribution in [2.24, 2.45) is 0 Å². The molecule has 0 amide bonds. The lowest BCUT2D eigenvalue weighted by atomic mass is 10.0. The third-order valence-electron chi connectivity index (χ3n) is 15.9. The zero-order chi connectivity index (χ0) is 66.1. The van der Waals surface area contributed by atoms with Gasteiger partial charge >= 0.3 is 11.9 Å². The fraction of sp³-hybridized carbons (Fsp3) is 0.609. The van der Waals surface area contributed by atoms with E-state index < -0.39 is 6.10 Å². The summed E-state index contributed by atoms with van der Waals surface area (Å²) in [5.74, 6) is -0.600. The number of aliphatic hydroxyl groups excluding tert-OH is 1. The summed E-state index contributed by atoms with van der Waals surface area (Å²) in [5.41, 5.74) is 0. The van der Waals surface area contributed by atoms with Gasteiger partial charge in [0.25, 0.3) is 0 Å². The zero-order valence-electron chi connectivity index (χ0n) is 59.5. The van der Waals surface area contributed by atoms with Crippen LogP contribution in [0.4, 0.5) is 0 Å². The summed E-state index contributed by atoms with van der Waals surface area (Å²) in [5, 5.41) is 9.72. The first-order chi connectivity index (χ1) is 45.6. The molecule has 0 saturated heterocycles. The van der Waals surface area contributed by atoms with E-state index >= 15 is 0 Å². The van der Waals surface area contributed by atoms with Gasteiger partial charge in [-0.05, 0) is 141 Å². The summed E-state index contributed by atoms with van der Waals surface area (Å²) in [6.45, 7) is 3.92. The van der Waals surface area contributed by atoms with Crippen molar-refractivity contribution >= 4 is 11.9 Å². The minimum atomic E-state index is -0.790. The molecule has 0 rings (SSSR count). The number of carbonyl (C=O) groups excluding carboxylic acids is 2. The van der Waals surface area contributed by atoms with Crippen LogP contribution >= 0.6 is 0 Å². The molecule has 1 N–H and O–H groups in total. The summed E-state index contributed by atoms with van der Waals surface area (Å²) in [6, 6.07) is 0. The van der Waals surface area contributed by atoms with Crippen LogP contribution < -0.4 is 0 Å². The topological polar surface area (TPSA) is 72.8 Å². The Kier molecular flexibility index (Phi) is 75.4. The van der Waals surface area contributed by atoms with Gasteiger partial charge in [-0.25, -0.2) is 0 Å². The van der Waals surface area contributed by atoms with Crippen LogP contribution in [0.2, 0.25) is 0 Å². The third-order valence-corrected chi connectivity index (χ3v) is 15.9. The highest BCUT2D eigenvalue weighted by atomic mass is 16.6. The van der Waals surface area contributed by atoms with Crippen molar-refractivity contribution in [2.75, 3.05) is 13.2 Å². The average molecular weight is 1270 g/mol. The summed E-state index contributed by atoms with van der Waals surface area (Å²) >= 11 is 0. The van der Waals surface area contributed by atoms with Crippen LogP contribution in [0.15, 0.2) is 194 Å². The molecule has 0 aliphatic carbocycles. The number of aliphatic hydroxyl groups is 1. The van der Waals surface area contributed by atoms with Gasteiger partial charge in [-0.2, -0.15) is 0 Å². The van der Waals surface area contributed by atoms with Crippen molar-refractivity contribution in [1.82, 2.24) is 0 Å². The molecule has 5 nitrogen and oxygen atoms in total. The van der Waals surface area contributed by atoms with E-state index in [0.717, 1.165) is 148 Å². The van der Waals surface area contributed by atoms with E-state index in [1.54, 1.807) is 0 Å². The Morgan fingerprint density at radius 2 is 0.435 bits per heavy atom. The van der Waals surface area contributed by atoms with E-state index in [1.807, 2.05) is 0 Å². The highest BCUT2D eigenvalue weighted by Gasteiger charge is 2.16. The second-order valence-corrected chi connectivity index (χ2v) is 24.6.